The third-order valence-electron chi connectivity index (χ3n) is 7.26. The maximum absolute atomic E-state index is 15.0. The number of hydrogen-bond acceptors (Lipinski definition) is 7. The molecule has 4 rings (SSSR count). The van der Waals surface area contributed by atoms with Crippen molar-refractivity contribution in [2.75, 3.05) is 4.72 Å². The number of sulfonamides is 1. The van der Waals surface area contributed by atoms with E-state index in [-0.39, 0.29) is 22.6 Å². The molecule has 3 aromatic carbocycles. The fourth-order valence-electron chi connectivity index (χ4n) is 4.63. The molecule has 0 aliphatic heterocycles. The summed E-state index contributed by atoms with van der Waals surface area (Å²) in [7, 11) is -2.96. The van der Waals surface area contributed by atoms with Crippen LogP contribution in [0.2, 0.25) is 0 Å². The van der Waals surface area contributed by atoms with E-state index in [0.717, 1.165) is 16.7 Å². The number of anilines is 1. The molecule has 4 N–H and O–H groups in total. The molecule has 1 heterocycles. The van der Waals surface area contributed by atoms with Gasteiger partial charge in [0.2, 0.25) is 0 Å². The molecule has 2 amide bonds. The molecule has 16 heteroatoms. The highest BCUT2D eigenvalue weighted by Crippen LogP contribution is 2.24. The minimum atomic E-state index is -4.46. The number of carbonyl (C=O) groups is 3. The summed E-state index contributed by atoms with van der Waals surface area (Å²) in [6.07, 6.45) is -0.305. The summed E-state index contributed by atoms with van der Waals surface area (Å²) in [5, 5.41) is 14.6. The van der Waals surface area contributed by atoms with Gasteiger partial charge in [-0.3, -0.25) is 19.1 Å². The maximum atomic E-state index is 15.0. The summed E-state index contributed by atoms with van der Waals surface area (Å²) in [5.74, 6) is -5.89. The largest absolute Gasteiger partial charge is 0.480 e. The van der Waals surface area contributed by atoms with Crippen LogP contribution in [-0.2, 0) is 28.3 Å². The van der Waals surface area contributed by atoms with E-state index in [1.165, 1.54) is 54.1 Å². The summed E-state index contributed by atoms with van der Waals surface area (Å²) < 4.78 is 59.9. The van der Waals surface area contributed by atoms with E-state index in [1.807, 2.05) is 4.72 Å². The standard InChI is InChI=1S/C33H33F2N5O8S/c1-18-14-28(41)40(32(46)39(18)5)21-10-6-19(7-11-21)15-27(31(44)45)36-30(43)23-16-25(35)26(17-24(23)34)38-49(47,48)22-12-8-20(9-13-22)29(42)37-33(2,3)4/h6-14,16-17,27,38H,15H2,1-5H3,(H,36,43)(H,37,42)(H,44,45)/t27-/m0/s1. The molecule has 0 saturated carbocycles. The zero-order valence-electron chi connectivity index (χ0n) is 27.0. The first-order valence-corrected chi connectivity index (χ1v) is 16.1. The number of carboxylic acids is 1. The SMILES string of the molecule is Cc1cc(=O)n(-c2ccc(C[C@H](NC(=O)c3cc(F)c(NS(=O)(=O)c4ccc(C(=O)NC(C)(C)C)cc4)cc3F)C(=O)O)cc2)c(=O)n1C. The Morgan fingerprint density at radius 2 is 1.51 bits per heavy atom. The average Bonchev–Trinajstić information content (AvgIpc) is 3.01. The summed E-state index contributed by atoms with van der Waals surface area (Å²) in [5.41, 5.74) is -2.17. The van der Waals surface area contributed by atoms with E-state index in [1.54, 1.807) is 27.7 Å². The van der Waals surface area contributed by atoms with Crippen molar-refractivity contribution >= 4 is 33.5 Å². The van der Waals surface area contributed by atoms with Gasteiger partial charge in [-0.1, -0.05) is 12.1 Å². The van der Waals surface area contributed by atoms with Crippen molar-refractivity contribution in [1.29, 1.82) is 0 Å². The third-order valence-corrected chi connectivity index (χ3v) is 8.64. The zero-order valence-corrected chi connectivity index (χ0v) is 27.8. The van der Waals surface area contributed by atoms with Gasteiger partial charge in [0.05, 0.1) is 21.8 Å². The van der Waals surface area contributed by atoms with E-state index in [0.29, 0.717) is 23.4 Å². The lowest BCUT2D eigenvalue weighted by atomic mass is 10.0. The average molecular weight is 698 g/mol. The van der Waals surface area contributed by atoms with E-state index >= 15 is 4.39 Å². The van der Waals surface area contributed by atoms with Crippen LogP contribution in [0.5, 0.6) is 0 Å². The van der Waals surface area contributed by atoms with Crippen LogP contribution in [0.25, 0.3) is 5.69 Å². The van der Waals surface area contributed by atoms with Crippen LogP contribution in [0.1, 0.15) is 52.7 Å². The molecule has 0 fully saturated rings. The fourth-order valence-corrected chi connectivity index (χ4v) is 5.68. The Morgan fingerprint density at radius 3 is 2.08 bits per heavy atom. The molecular weight excluding hydrogens is 664 g/mol. The van der Waals surface area contributed by atoms with Gasteiger partial charge in [0.25, 0.3) is 27.4 Å². The van der Waals surface area contributed by atoms with E-state index in [9.17, 15) is 41.9 Å². The predicted octanol–water partition coefficient (Wildman–Crippen LogP) is 2.88. The Kier molecular flexibility index (Phi) is 10.2. The number of aromatic nitrogens is 2. The minimum Gasteiger partial charge on any atom is -0.480 e. The number of carboxylic acid groups (broad SMARTS) is 1. The molecule has 1 atom stereocenters. The maximum Gasteiger partial charge on any atom is 0.335 e. The molecule has 0 aliphatic carbocycles. The number of amides is 2. The van der Waals surface area contributed by atoms with Crippen molar-refractivity contribution in [3.05, 3.63) is 122 Å². The van der Waals surface area contributed by atoms with Gasteiger partial charge >= 0.3 is 11.7 Å². The predicted molar refractivity (Wildman–Crippen MR) is 175 cm³/mol. The number of rotatable bonds is 10. The molecule has 0 radical (unpaired) electrons. The second-order valence-electron chi connectivity index (χ2n) is 12.2. The van der Waals surface area contributed by atoms with Gasteiger partial charge in [0, 0.05) is 42.4 Å². The van der Waals surface area contributed by atoms with Gasteiger partial charge in [-0.05, 0) is 75.7 Å². The number of carbonyl (C=O) groups excluding carboxylic acids is 2. The molecule has 0 bridgehead atoms. The molecule has 0 spiro atoms. The van der Waals surface area contributed by atoms with Gasteiger partial charge < -0.3 is 20.3 Å². The van der Waals surface area contributed by atoms with Crippen LogP contribution in [0.4, 0.5) is 14.5 Å². The molecular formula is C33H33F2N5O8S. The van der Waals surface area contributed by atoms with E-state index in [2.05, 4.69) is 10.6 Å². The quantitative estimate of drug-likeness (QED) is 0.195. The van der Waals surface area contributed by atoms with Gasteiger partial charge in [-0.15, -0.1) is 0 Å². The smallest absolute Gasteiger partial charge is 0.335 e. The molecule has 49 heavy (non-hydrogen) atoms. The van der Waals surface area contributed by atoms with Crippen molar-refractivity contribution in [3.8, 4) is 5.69 Å². The normalized spacial score (nSPS) is 12.2. The summed E-state index contributed by atoms with van der Waals surface area (Å²) >= 11 is 0. The van der Waals surface area contributed by atoms with E-state index < -0.39 is 73.5 Å². The zero-order chi connectivity index (χ0) is 36.4. The fraction of sp³-hybridized carbons (Fsp3) is 0.242. The van der Waals surface area contributed by atoms with Crippen molar-refractivity contribution in [1.82, 2.24) is 19.8 Å². The molecule has 1 aromatic heterocycles. The monoisotopic (exact) mass is 697 g/mol. The van der Waals surface area contributed by atoms with Gasteiger partial charge in [0.1, 0.15) is 17.7 Å². The number of aliphatic carboxylic acids is 1. The highest BCUT2D eigenvalue weighted by Gasteiger charge is 2.26. The first kappa shape index (κ1) is 36.2. The number of benzene rings is 3. The number of hydrogen-bond donors (Lipinski definition) is 4. The van der Waals surface area contributed by atoms with Crippen molar-refractivity contribution in [3.63, 3.8) is 0 Å². The topological polar surface area (TPSA) is 186 Å². The molecule has 0 unspecified atom stereocenters. The van der Waals surface area contributed by atoms with Crippen LogP contribution in [0.15, 0.2) is 81.2 Å². The number of nitrogens with one attached hydrogen (secondary N) is 3. The molecule has 4 aromatic rings. The molecule has 13 nitrogen and oxygen atoms in total. The van der Waals surface area contributed by atoms with Gasteiger partial charge in [-0.2, -0.15) is 0 Å². The lowest BCUT2D eigenvalue weighted by Crippen LogP contribution is -2.42. The van der Waals surface area contributed by atoms with Crippen LogP contribution in [0, 0.1) is 18.6 Å². The number of halogens is 2. The van der Waals surface area contributed by atoms with Gasteiger partial charge in [0.15, 0.2) is 0 Å². The molecule has 258 valence electrons. The Labute approximate surface area is 279 Å². The second-order valence-corrected chi connectivity index (χ2v) is 13.9. The Morgan fingerprint density at radius 1 is 0.898 bits per heavy atom. The summed E-state index contributed by atoms with van der Waals surface area (Å²) in [4.78, 5) is 61.8. The van der Waals surface area contributed by atoms with Crippen LogP contribution >= 0.6 is 0 Å². The van der Waals surface area contributed by atoms with E-state index in [4.69, 9.17) is 0 Å². The minimum absolute atomic E-state index is 0.171. The Balaban J connectivity index is 1.48. The van der Waals surface area contributed by atoms with Crippen molar-refractivity contribution < 1.29 is 36.7 Å². The van der Waals surface area contributed by atoms with Crippen LogP contribution in [-0.4, -0.2) is 52.0 Å². The molecule has 0 aliphatic rings. The number of nitrogens with zero attached hydrogens (tertiary/aromatic N) is 2. The van der Waals surface area contributed by atoms with Crippen LogP contribution in [0.3, 0.4) is 0 Å². The Hall–Kier alpha value is -5.64. The van der Waals surface area contributed by atoms with Crippen molar-refractivity contribution in [2.24, 2.45) is 7.05 Å². The highest BCUT2D eigenvalue weighted by atomic mass is 32.2. The molecule has 0 saturated heterocycles. The van der Waals surface area contributed by atoms with Crippen molar-refractivity contribution in [2.45, 2.75) is 50.6 Å². The number of aryl methyl sites for hydroxylation is 1. The first-order valence-electron chi connectivity index (χ1n) is 14.6. The summed E-state index contributed by atoms with van der Waals surface area (Å²) in [6, 6.07) is 11.0. The first-order chi connectivity index (χ1) is 22.8. The van der Waals surface area contributed by atoms with Gasteiger partial charge in [-0.25, -0.2) is 31.4 Å². The van der Waals surface area contributed by atoms with Crippen LogP contribution < -0.4 is 26.6 Å². The third kappa shape index (κ3) is 8.45. The Bertz CT molecular complexity index is 2170. The lowest BCUT2D eigenvalue weighted by molar-refractivity contribution is -0.139. The second kappa shape index (κ2) is 13.8. The lowest BCUT2D eigenvalue weighted by Gasteiger charge is -2.20. The summed E-state index contributed by atoms with van der Waals surface area (Å²) in [6.45, 7) is 6.91. The highest BCUT2D eigenvalue weighted by molar-refractivity contribution is 7.92.